The quantitative estimate of drug-likeness (QED) is 0.266. The number of benzene rings is 4. The normalized spacial score (nSPS) is 16.7. The third-order valence-electron chi connectivity index (χ3n) is 7.61. The molecule has 1 fully saturated rings. The first kappa shape index (κ1) is 28.4. The smallest absolute Gasteiger partial charge is 0.411 e. The molecule has 0 saturated carbocycles. The lowest BCUT2D eigenvalue weighted by Gasteiger charge is -2.43. The highest BCUT2D eigenvalue weighted by Crippen LogP contribution is 2.30. The highest BCUT2D eigenvalue weighted by molar-refractivity contribution is 5.87. The third-order valence-corrected chi connectivity index (χ3v) is 7.61. The standard InChI is InChI=1S/C35H34N4O3/c1-25-22-38(34(40)26(2)39(25)35(41)42-24-27-12-6-3-7-13-27)23-28-18-19-31(21-36)32(20-28)37-33(29-14-8-4-9-15-29)30-16-10-5-11-17-30/h3-20,25-26,33,37H,22-24H2,1-2H3. The van der Waals surface area contributed by atoms with Gasteiger partial charge < -0.3 is 15.0 Å². The molecule has 0 radical (unpaired) electrons. The summed E-state index contributed by atoms with van der Waals surface area (Å²) in [6.45, 7) is 4.56. The molecule has 0 aliphatic carbocycles. The highest BCUT2D eigenvalue weighted by Gasteiger charge is 2.39. The van der Waals surface area contributed by atoms with Crippen molar-refractivity contribution in [2.45, 2.75) is 45.1 Å². The summed E-state index contributed by atoms with van der Waals surface area (Å²) < 4.78 is 5.54. The molecule has 2 amide bonds. The fourth-order valence-electron chi connectivity index (χ4n) is 5.47. The largest absolute Gasteiger partial charge is 0.445 e. The number of amides is 2. The maximum Gasteiger partial charge on any atom is 0.411 e. The molecule has 1 N–H and O–H groups in total. The zero-order valence-corrected chi connectivity index (χ0v) is 23.8. The Kier molecular flexibility index (Phi) is 8.84. The Morgan fingerprint density at radius 2 is 1.50 bits per heavy atom. The number of anilines is 1. The first-order chi connectivity index (χ1) is 20.4. The van der Waals surface area contributed by atoms with Crippen molar-refractivity contribution in [2.24, 2.45) is 0 Å². The number of rotatable bonds is 8. The fraction of sp³-hybridized carbons (Fsp3) is 0.229. The van der Waals surface area contributed by atoms with Gasteiger partial charge in [0.05, 0.1) is 23.3 Å². The molecule has 1 heterocycles. The SMILES string of the molecule is CC1CN(Cc2ccc(C#N)c(NC(c3ccccc3)c3ccccc3)c2)C(=O)C(C)N1C(=O)OCc1ccccc1. The minimum atomic E-state index is -0.659. The third kappa shape index (κ3) is 6.45. The van der Waals surface area contributed by atoms with E-state index in [1.165, 1.54) is 4.90 Å². The number of carbonyl (C=O) groups excluding carboxylic acids is 2. The topological polar surface area (TPSA) is 85.7 Å². The molecule has 0 aromatic heterocycles. The molecule has 4 aromatic carbocycles. The van der Waals surface area contributed by atoms with Gasteiger partial charge in [-0.3, -0.25) is 9.69 Å². The second-order valence-electron chi connectivity index (χ2n) is 10.6. The Morgan fingerprint density at radius 3 is 2.10 bits per heavy atom. The lowest BCUT2D eigenvalue weighted by Crippen LogP contribution is -2.61. The van der Waals surface area contributed by atoms with Crippen LogP contribution >= 0.6 is 0 Å². The van der Waals surface area contributed by atoms with E-state index in [0.29, 0.717) is 24.3 Å². The Hall–Kier alpha value is -5.09. The Balaban J connectivity index is 1.32. The number of hydrogen-bond acceptors (Lipinski definition) is 5. The molecule has 42 heavy (non-hydrogen) atoms. The summed E-state index contributed by atoms with van der Waals surface area (Å²) >= 11 is 0. The van der Waals surface area contributed by atoms with Gasteiger partial charge in [0.2, 0.25) is 5.91 Å². The van der Waals surface area contributed by atoms with Gasteiger partial charge in [0.25, 0.3) is 0 Å². The molecular formula is C35H34N4O3. The van der Waals surface area contributed by atoms with Crippen molar-refractivity contribution in [3.05, 3.63) is 137 Å². The second kappa shape index (κ2) is 13.0. The van der Waals surface area contributed by atoms with Crippen molar-refractivity contribution < 1.29 is 14.3 Å². The van der Waals surface area contributed by atoms with Crippen LogP contribution in [-0.4, -0.2) is 40.4 Å². The summed E-state index contributed by atoms with van der Waals surface area (Å²) in [6, 6.07) is 36.6. The van der Waals surface area contributed by atoms with Crippen LogP contribution in [0.15, 0.2) is 109 Å². The average molecular weight is 559 g/mol. The predicted molar refractivity (Wildman–Crippen MR) is 162 cm³/mol. The van der Waals surface area contributed by atoms with E-state index in [0.717, 1.165) is 22.3 Å². The van der Waals surface area contributed by atoms with E-state index in [1.807, 2.05) is 85.8 Å². The van der Waals surface area contributed by atoms with Gasteiger partial charge >= 0.3 is 6.09 Å². The molecule has 1 aliphatic rings. The molecule has 1 saturated heterocycles. The van der Waals surface area contributed by atoms with E-state index >= 15 is 0 Å². The van der Waals surface area contributed by atoms with Crippen LogP contribution in [0.2, 0.25) is 0 Å². The number of nitriles is 1. The molecule has 0 spiro atoms. The van der Waals surface area contributed by atoms with Crippen LogP contribution in [0.1, 0.15) is 47.7 Å². The Morgan fingerprint density at radius 1 is 0.905 bits per heavy atom. The average Bonchev–Trinajstić information content (AvgIpc) is 3.03. The number of nitrogens with one attached hydrogen (secondary N) is 1. The summed E-state index contributed by atoms with van der Waals surface area (Å²) in [5.41, 5.74) is 5.16. The van der Waals surface area contributed by atoms with Crippen LogP contribution in [0.5, 0.6) is 0 Å². The zero-order chi connectivity index (χ0) is 29.5. The summed E-state index contributed by atoms with van der Waals surface area (Å²) in [7, 11) is 0. The van der Waals surface area contributed by atoms with Crippen molar-refractivity contribution in [3.8, 4) is 6.07 Å². The molecule has 2 atom stereocenters. The van der Waals surface area contributed by atoms with Gasteiger partial charge in [0.15, 0.2) is 0 Å². The first-order valence-electron chi connectivity index (χ1n) is 14.1. The molecule has 1 aliphatic heterocycles. The number of ether oxygens (including phenoxy) is 1. The molecule has 7 heteroatoms. The lowest BCUT2D eigenvalue weighted by molar-refractivity contribution is -0.143. The van der Waals surface area contributed by atoms with Crippen molar-refractivity contribution in [2.75, 3.05) is 11.9 Å². The number of carbonyl (C=O) groups is 2. The second-order valence-corrected chi connectivity index (χ2v) is 10.6. The van der Waals surface area contributed by atoms with Gasteiger partial charge in [-0.05, 0) is 48.2 Å². The van der Waals surface area contributed by atoms with Gasteiger partial charge in [0.1, 0.15) is 18.7 Å². The molecule has 2 unspecified atom stereocenters. The lowest BCUT2D eigenvalue weighted by atomic mass is 9.97. The summed E-state index contributed by atoms with van der Waals surface area (Å²) in [4.78, 5) is 29.7. The van der Waals surface area contributed by atoms with Crippen LogP contribution in [0.3, 0.4) is 0 Å². The maximum absolute atomic E-state index is 13.4. The minimum Gasteiger partial charge on any atom is -0.445 e. The molecule has 5 rings (SSSR count). The van der Waals surface area contributed by atoms with E-state index in [2.05, 4.69) is 35.7 Å². The van der Waals surface area contributed by atoms with E-state index in [9.17, 15) is 14.9 Å². The van der Waals surface area contributed by atoms with Gasteiger partial charge in [-0.15, -0.1) is 0 Å². The van der Waals surface area contributed by atoms with Crippen molar-refractivity contribution in [1.29, 1.82) is 5.26 Å². The van der Waals surface area contributed by atoms with Gasteiger partial charge in [-0.1, -0.05) is 97.1 Å². The van der Waals surface area contributed by atoms with Gasteiger partial charge in [0, 0.05) is 13.1 Å². The number of nitrogens with zero attached hydrogens (tertiary/aromatic N) is 3. The van der Waals surface area contributed by atoms with Crippen LogP contribution in [0.25, 0.3) is 0 Å². The predicted octanol–water partition coefficient (Wildman–Crippen LogP) is 6.52. The molecule has 7 nitrogen and oxygen atoms in total. The molecular weight excluding hydrogens is 524 g/mol. The maximum atomic E-state index is 13.4. The van der Waals surface area contributed by atoms with Gasteiger partial charge in [-0.25, -0.2) is 4.79 Å². The highest BCUT2D eigenvalue weighted by atomic mass is 16.6. The molecule has 4 aromatic rings. The van der Waals surface area contributed by atoms with Crippen molar-refractivity contribution in [1.82, 2.24) is 9.80 Å². The summed E-state index contributed by atoms with van der Waals surface area (Å²) in [5.74, 6) is -0.143. The van der Waals surface area contributed by atoms with E-state index in [1.54, 1.807) is 17.9 Å². The summed E-state index contributed by atoms with van der Waals surface area (Å²) in [5, 5.41) is 13.5. The van der Waals surface area contributed by atoms with Crippen LogP contribution in [0.4, 0.5) is 10.5 Å². The monoisotopic (exact) mass is 558 g/mol. The first-order valence-corrected chi connectivity index (χ1v) is 14.1. The van der Waals surface area contributed by atoms with Crippen molar-refractivity contribution in [3.63, 3.8) is 0 Å². The minimum absolute atomic E-state index is 0.143. The van der Waals surface area contributed by atoms with E-state index in [4.69, 9.17) is 4.74 Å². The van der Waals surface area contributed by atoms with Crippen molar-refractivity contribution >= 4 is 17.7 Å². The Bertz CT molecular complexity index is 1510. The zero-order valence-electron chi connectivity index (χ0n) is 23.8. The van der Waals surface area contributed by atoms with Gasteiger partial charge in [-0.2, -0.15) is 5.26 Å². The van der Waals surface area contributed by atoms with E-state index < -0.39 is 12.1 Å². The number of hydrogen-bond donors (Lipinski definition) is 1. The van der Waals surface area contributed by atoms with Crippen LogP contribution < -0.4 is 5.32 Å². The van der Waals surface area contributed by atoms with Crippen LogP contribution in [0, 0.1) is 11.3 Å². The molecule has 212 valence electrons. The number of piperazine rings is 1. The summed E-state index contributed by atoms with van der Waals surface area (Å²) in [6.07, 6.45) is -0.496. The fourth-order valence-corrected chi connectivity index (χ4v) is 5.47. The van der Waals surface area contributed by atoms with E-state index in [-0.39, 0.29) is 24.6 Å². The molecule has 0 bridgehead atoms. The van der Waals surface area contributed by atoms with Crippen LogP contribution in [-0.2, 0) is 22.7 Å². The Labute approximate surface area is 247 Å².